The van der Waals surface area contributed by atoms with Crippen LogP contribution in [0.3, 0.4) is 0 Å². The highest BCUT2D eigenvalue weighted by atomic mass is 35.5. The molecule has 1 aromatic heterocycles. The minimum atomic E-state index is 0. The van der Waals surface area contributed by atoms with Crippen LogP contribution in [0.15, 0.2) is 36.5 Å². The lowest BCUT2D eigenvalue weighted by molar-refractivity contribution is 0.0268. The Bertz CT molecular complexity index is 785. The molecular formula is C22H32ClN3O4. The van der Waals surface area contributed by atoms with Crippen molar-refractivity contribution in [2.24, 2.45) is 0 Å². The van der Waals surface area contributed by atoms with E-state index in [1.807, 2.05) is 18.3 Å². The number of nitrogens with zero attached hydrogens (tertiary/aromatic N) is 3. The molecule has 0 amide bonds. The van der Waals surface area contributed by atoms with E-state index in [9.17, 15) is 0 Å². The molecule has 0 radical (unpaired) electrons. The average molecular weight is 438 g/mol. The Hall–Kier alpha value is -2.06. The second-order valence-corrected chi connectivity index (χ2v) is 7.34. The van der Waals surface area contributed by atoms with E-state index in [0.717, 1.165) is 69.5 Å². The average Bonchev–Trinajstić information content (AvgIpc) is 2.95. The van der Waals surface area contributed by atoms with Gasteiger partial charge < -0.3 is 24.6 Å². The minimum Gasteiger partial charge on any atom is -0.493 e. The van der Waals surface area contributed by atoms with Crippen molar-refractivity contribution in [1.29, 1.82) is 0 Å². The molecule has 0 saturated carbocycles. The van der Waals surface area contributed by atoms with Gasteiger partial charge in [0.2, 0.25) is 0 Å². The number of aromatic nitrogens is 1. The van der Waals surface area contributed by atoms with Gasteiger partial charge in [0, 0.05) is 45.5 Å². The zero-order chi connectivity index (χ0) is 19.3. The topological polar surface area (TPSA) is 78.6 Å². The van der Waals surface area contributed by atoms with Crippen molar-refractivity contribution in [3.8, 4) is 11.5 Å². The molecule has 2 aliphatic rings. The van der Waals surface area contributed by atoms with Crippen LogP contribution in [0.5, 0.6) is 11.5 Å². The summed E-state index contributed by atoms with van der Waals surface area (Å²) in [5.41, 5.74) is 2.55. The van der Waals surface area contributed by atoms with Crippen LogP contribution in [0.1, 0.15) is 23.7 Å². The number of rotatable bonds is 5. The largest absolute Gasteiger partial charge is 0.493 e. The van der Waals surface area contributed by atoms with E-state index in [1.54, 1.807) is 14.2 Å². The molecule has 4 rings (SSSR count). The van der Waals surface area contributed by atoms with Crippen molar-refractivity contribution in [3.63, 3.8) is 0 Å². The van der Waals surface area contributed by atoms with Gasteiger partial charge >= 0.3 is 0 Å². The first-order chi connectivity index (χ1) is 13.8. The number of hydrogen-bond acceptors (Lipinski definition) is 6. The third-order valence-electron chi connectivity index (χ3n) is 5.67. The van der Waals surface area contributed by atoms with Crippen LogP contribution in [0, 0.1) is 0 Å². The fourth-order valence-corrected chi connectivity index (χ4v) is 4.12. The summed E-state index contributed by atoms with van der Waals surface area (Å²) in [4.78, 5) is 9.33. The molecule has 1 unspecified atom stereocenters. The van der Waals surface area contributed by atoms with E-state index in [0.29, 0.717) is 0 Å². The molecule has 30 heavy (non-hydrogen) atoms. The molecule has 2 N–H and O–H groups in total. The van der Waals surface area contributed by atoms with Crippen molar-refractivity contribution in [3.05, 3.63) is 47.7 Å². The van der Waals surface area contributed by atoms with Crippen LogP contribution < -0.4 is 14.4 Å². The summed E-state index contributed by atoms with van der Waals surface area (Å²) in [5, 5.41) is 0. The predicted octanol–water partition coefficient (Wildman–Crippen LogP) is 2.52. The van der Waals surface area contributed by atoms with E-state index in [2.05, 4.69) is 33.0 Å². The van der Waals surface area contributed by atoms with Crippen LogP contribution in [0.4, 0.5) is 5.82 Å². The Morgan fingerprint density at radius 3 is 2.47 bits per heavy atom. The van der Waals surface area contributed by atoms with Crippen molar-refractivity contribution in [2.75, 3.05) is 58.5 Å². The molecule has 1 fully saturated rings. The van der Waals surface area contributed by atoms with E-state index >= 15 is 0 Å². The monoisotopic (exact) mass is 437 g/mol. The van der Waals surface area contributed by atoms with Gasteiger partial charge in [-0.3, -0.25) is 4.90 Å². The molecule has 3 heterocycles. The number of anilines is 1. The second kappa shape index (κ2) is 11.4. The number of halogens is 1. The molecule has 7 nitrogen and oxygen atoms in total. The molecule has 0 spiro atoms. The van der Waals surface area contributed by atoms with Crippen molar-refractivity contribution in [2.45, 2.75) is 18.9 Å². The Labute approximate surface area is 184 Å². The molecule has 0 bridgehead atoms. The van der Waals surface area contributed by atoms with Crippen molar-refractivity contribution >= 4 is 18.2 Å². The molecule has 8 heteroatoms. The van der Waals surface area contributed by atoms with E-state index in [1.165, 1.54) is 11.1 Å². The Morgan fingerprint density at radius 1 is 1.07 bits per heavy atom. The number of piperazine rings is 1. The predicted molar refractivity (Wildman–Crippen MR) is 120 cm³/mol. The summed E-state index contributed by atoms with van der Waals surface area (Å²) in [6, 6.07) is 10.3. The lowest BCUT2D eigenvalue weighted by Gasteiger charge is -2.37. The minimum absolute atomic E-state index is 0. The van der Waals surface area contributed by atoms with Gasteiger partial charge in [-0.2, -0.15) is 0 Å². The van der Waals surface area contributed by atoms with Crippen LogP contribution in [-0.2, 0) is 11.2 Å². The van der Waals surface area contributed by atoms with Gasteiger partial charge in [0.1, 0.15) is 5.82 Å². The summed E-state index contributed by atoms with van der Waals surface area (Å²) < 4.78 is 17.3. The maximum atomic E-state index is 6.25. The summed E-state index contributed by atoms with van der Waals surface area (Å²) in [7, 11) is 3.38. The summed E-state index contributed by atoms with van der Waals surface area (Å²) in [6.07, 6.45) is 3.98. The number of ether oxygens (including phenoxy) is 3. The number of methoxy groups -OCH3 is 2. The molecular weight excluding hydrogens is 406 g/mol. The molecule has 1 aromatic carbocycles. The van der Waals surface area contributed by atoms with Gasteiger partial charge in [-0.1, -0.05) is 6.07 Å². The first-order valence-corrected chi connectivity index (χ1v) is 10.0. The Balaban J connectivity index is 0.00000160. The lowest BCUT2D eigenvalue weighted by atomic mass is 9.98. The number of benzene rings is 1. The van der Waals surface area contributed by atoms with Gasteiger partial charge in [-0.15, -0.1) is 12.4 Å². The quantitative estimate of drug-likeness (QED) is 0.715. The van der Waals surface area contributed by atoms with E-state index < -0.39 is 0 Å². The molecule has 0 aliphatic carbocycles. The zero-order valence-corrected chi connectivity index (χ0v) is 18.5. The Kier molecular flexibility index (Phi) is 9.17. The number of aryl methyl sites for hydroxylation is 1. The van der Waals surface area contributed by atoms with Crippen LogP contribution in [0.25, 0.3) is 0 Å². The summed E-state index contributed by atoms with van der Waals surface area (Å²) in [5.74, 6) is 2.64. The first kappa shape index (κ1) is 24.2. The Morgan fingerprint density at radius 2 is 1.80 bits per heavy atom. The maximum absolute atomic E-state index is 6.25. The summed E-state index contributed by atoms with van der Waals surface area (Å²) in [6.45, 7) is 5.69. The van der Waals surface area contributed by atoms with Gasteiger partial charge in [0.05, 0.1) is 20.3 Å². The van der Waals surface area contributed by atoms with Crippen molar-refractivity contribution in [1.82, 2.24) is 9.88 Å². The fourth-order valence-electron chi connectivity index (χ4n) is 4.12. The molecule has 2 aliphatic heterocycles. The van der Waals surface area contributed by atoms with Gasteiger partial charge in [-0.25, -0.2) is 4.98 Å². The van der Waals surface area contributed by atoms with E-state index in [4.69, 9.17) is 14.2 Å². The molecule has 1 atom stereocenters. The van der Waals surface area contributed by atoms with Gasteiger partial charge in [0.25, 0.3) is 0 Å². The fraction of sp³-hybridized carbons (Fsp3) is 0.500. The smallest absolute Gasteiger partial charge is 0.161 e. The standard InChI is InChI=1S/C22H29N3O3.ClH.H2O/c1-26-19-14-17-6-5-13-28-21(18(17)15-20(19)27-2)16-24-9-11-25(12-10-24)22-7-3-4-8-23-22;;/h3-4,7-8,14-15,21H,5-6,9-13,16H2,1-2H3;1H;1H2. The number of hydrogen-bond donors (Lipinski definition) is 0. The van der Waals surface area contributed by atoms with Crippen LogP contribution in [-0.4, -0.2) is 68.9 Å². The molecule has 166 valence electrons. The highest BCUT2D eigenvalue weighted by molar-refractivity contribution is 5.85. The second-order valence-electron chi connectivity index (χ2n) is 7.34. The molecule has 2 aromatic rings. The number of pyridine rings is 1. The molecule has 1 saturated heterocycles. The highest BCUT2D eigenvalue weighted by Gasteiger charge is 2.26. The lowest BCUT2D eigenvalue weighted by Crippen LogP contribution is -2.48. The maximum Gasteiger partial charge on any atom is 0.161 e. The number of fused-ring (bicyclic) bond motifs is 1. The third kappa shape index (κ3) is 5.35. The first-order valence-electron chi connectivity index (χ1n) is 10.0. The highest BCUT2D eigenvalue weighted by Crippen LogP contribution is 2.37. The third-order valence-corrected chi connectivity index (χ3v) is 5.67. The van der Waals surface area contributed by atoms with Gasteiger partial charge in [-0.05, 0) is 48.2 Å². The SMILES string of the molecule is COc1cc2c(cc1OC)C(CN1CCN(c3ccccn3)CC1)OCCC2.Cl.O. The van der Waals surface area contributed by atoms with E-state index in [-0.39, 0.29) is 24.0 Å². The van der Waals surface area contributed by atoms with Crippen molar-refractivity contribution < 1.29 is 19.7 Å². The van der Waals surface area contributed by atoms with Crippen LogP contribution >= 0.6 is 12.4 Å². The normalized spacial score (nSPS) is 19.0. The summed E-state index contributed by atoms with van der Waals surface area (Å²) >= 11 is 0. The van der Waals surface area contributed by atoms with Crippen LogP contribution in [0.2, 0.25) is 0 Å². The zero-order valence-electron chi connectivity index (χ0n) is 17.7. The van der Waals surface area contributed by atoms with Gasteiger partial charge in [0.15, 0.2) is 11.5 Å².